The zero-order valence-corrected chi connectivity index (χ0v) is 15.7. The Morgan fingerprint density at radius 2 is 1.32 bits per heavy atom. The lowest BCUT2D eigenvalue weighted by Gasteiger charge is -2.17. The molecule has 1 aromatic heterocycles. The van der Waals surface area contributed by atoms with Gasteiger partial charge in [-0.1, -0.05) is 73.5 Å². The maximum absolute atomic E-state index is 13.1. The van der Waals surface area contributed by atoms with Crippen LogP contribution < -0.4 is 10.6 Å². The molecule has 0 saturated heterocycles. The van der Waals surface area contributed by atoms with E-state index < -0.39 is 5.92 Å². The first-order chi connectivity index (χ1) is 13.8. The van der Waals surface area contributed by atoms with E-state index in [0.29, 0.717) is 11.9 Å². The fraction of sp³-hybridized carbons (Fsp3) is 0.261. The Morgan fingerprint density at radius 1 is 0.786 bits per heavy atom. The highest BCUT2D eigenvalue weighted by atomic mass is 16.2. The number of hydrogen-bond acceptors (Lipinski definition) is 4. The van der Waals surface area contributed by atoms with Gasteiger partial charge in [0.05, 0.1) is 5.92 Å². The second-order valence-corrected chi connectivity index (χ2v) is 7.17. The molecule has 1 heterocycles. The van der Waals surface area contributed by atoms with Gasteiger partial charge in [0.2, 0.25) is 5.91 Å². The number of nitrogens with one attached hydrogen (secondary N) is 2. The fourth-order valence-corrected chi connectivity index (χ4v) is 3.74. The lowest BCUT2D eigenvalue weighted by Crippen LogP contribution is -2.23. The predicted molar refractivity (Wildman–Crippen MR) is 111 cm³/mol. The lowest BCUT2D eigenvalue weighted by atomic mass is 9.90. The predicted octanol–water partition coefficient (Wildman–Crippen LogP) is 4.60. The first-order valence-corrected chi connectivity index (χ1v) is 9.80. The van der Waals surface area contributed by atoms with Gasteiger partial charge < -0.3 is 10.6 Å². The summed E-state index contributed by atoms with van der Waals surface area (Å²) in [5.41, 5.74) is 1.89. The summed E-state index contributed by atoms with van der Waals surface area (Å²) in [4.78, 5) is 13.1. The number of aromatic nitrogens is 2. The van der Waals surface area contributed by atoms with Crippen LogP contribution in [0.25, 0.3) is 0 Å². The van der Waals surface area contributed by atoms with Crippen LogP contribution in [0.1, 0.15) is 42.7 Å². The molecule has 1 amide bonds. The number of amides is 1. The van der Waals surface area contributed by atoms with Crippen molar-refractivity contribution in [3.8, 4) is 0 Å². The van der Waals surface area contributed by atoms with E-state index in [1.165, 1.54) is 25.7 Å². The van der Waals surface area contributed by atoms with Crippen LogP contribution >= 0.6 is 0 Å². The molecule has 1 aliphatic carbocycles. The Kier molecular flexibility index (Phi) is 5.61. The molecule has 0 radical (unpaired) electrons. The summed E-state index contributed by atoms with van der Waals surface area (Å²) in [5.74, 6) is 0.690. The Labute approximate surface area is 165 Å². The van der Waals surface area contributed by atoms with Gasteiger partial charge in [-0.3, -0.25) is 4.79 Å². The molecule has 2 N–H and O–H groups in total. The van der Waals surface area contributed by atoms with Crippen molar-refractivity contribution in [3.63, 3.8) is 0 Å². The van der Waals surface area contributed by atoms with E-state index in [4.69, 9.17) is 0 Å². The molecule has 4 rings (SSSR count). The zero-order valence-electron chi connectivity index (χ0n) is 15.7. The van der Waals surface area contributed by atoms with Crippen LogP contribution in [0, 0.1) is 0 Å². The molecule has 0 unspecified atom stereocenters. The van der Waals surface area contributed by atoms with Crippen LogP contribution in [0.15, 0.2) is 72.8 Å². The molecule has 3 aromatic rings. The maximum Gasteiger partial charge on any atom is 0.237 e. The molecule has 5 heteroatoms. The molecule has 142 valence electrons. The molecule has 28 heavy (non-hydrogen) atoms. The van der Waals surface area contributed by atoms with Gasteiger partial charge in [0.25, 0.3) is 0 Å². The summed E-state index contributed by atoms with van der Waals surface area (Å²) < 4.78 is 0. The number of carbonyl (C=O) groups excluding carboxylic acids is 1. The highest BCUT2D eigenvalue weighted by Crippen LogP contribution is 2.26. The molecule has 0 atom stereocenters. The molecule has 1 aliphatic rings. The van der Waals surface area contributed by atoms with Crippen LogP contribution in [0.4, 0.5) is 11.6 Å². The lowest BCUT2D eigenvalue weighted by molar-refractivity contribution is -0.116. The molecule has 5 nitrogen and oxygen atoms in total. The largest absolute Gasteiger partial charge is 0.366 e. The van der Waals surface area contributed by atoms with Crippen LogP contribution in [0.3, 0.4) is 0 Å². The average Bonchev–Trinajstić information content (AvgIpc) is 3.24. The number of anilines is 2. The van der Waals surface area contributed by atoms with E-state index in [-0.39, 0.29) is 5.91 Å². The van der Waals surface area contributed by atoms with Crippen LogP contribution in [0.2, 0.25) is 0 Å². The van der Waals surface area contributed by atoms with E-state index in [1.54, 1.807) is 6.07 Å². The second kappa shape index (κ2) is 8.65. The third-order valence-electron chi connectivity index (χ3n) is 5.15. The fourth-order valence-electron chi connectivity index (χ4n) is 3.74. The minimum absolute atomic E-state index is 0.122. The van der Waals surface area contributed by atoms with Crippen molar-refractivity contribution in [2.45, 2.75) is 37.6 Å². The van der Waals surface area contributed by atoms with Crippen molar-refractivity contribution in [3.05, 3.63) is 83.9 Å². The van der Waals surface area contributed by atoms with Gasteiger partial charge >= 0.3 is 0 Å². The minimum Gasteiger partial charge on any atom is -0.366 e. The van der Waals surface area contributed by atoms with Gasteiger partial charge in [-0.05, 0) is 36.1 Å². The molecule has 2 aromatic carbocycles. The summed E-state index contributed by atoms with van der Waals surface area (Å²) >= 11 is 0. The third-order valence-corrected chi connectivity index (χ3v) is 5.15. The molecule has 0 bridgehead atoms. The first kappa shape index (κ1) is 18.2. The summed E-state index contributed by atoms with van der Waals surface area (Å²) in [5, 5.41) is 14.7. The van der Waals surface area contributed by atoms with Crippen molar-refractivity contribution in [2.24, 2.45) is 0 Å². The number of nitrogens with zero attached hydrogens (tertiary/aromatic N) is 2. The smallest absolute Gasteiger partial charge is 0.237 e. The molecular weight excluding hydrogens is 348 g/mol. The SMILES string of the molecule is O=C(Nc1ccc(NC2CCCC2)nn1)C(c1ccccc1)c1ccccc1. The van der Waals surface area contributed by atoms with Gasteiger partial charge in [0.1, 0.15) is 5.82 Å². The number of rotatable bonds is 6. The van der Waals surface area contributed by atoms with Gasteiger partial charge in [-0.2, -0.15) is 0 Å². The number of hydrogen-bond donors (Lipinski definition) is 2. The highest BCUT2D eigenvalue weighted by Gasteiger charge is 2.23. The first-order valence-electron chi connectivity index (χ1n) is 9.80. The standard InChI is InChI=1S/C23H24N4O/c28-23(22(17-9-3-1-4-10-17)18-11-5-2-6-12-18)25-21-16-15-20(26-27-21)24-19-13-7-8-14-19/h1-6,9-12,15-16,19,22H,7-8,13-14H2,(H,24,26)(H,25,27,28). The van der Waals surface area contributed by atoms with Gasteiger partial charge in [-0.25, -0.2) is 0 Å². The summed E-state index contributed by atoms with van der Waals surface area (Å²) in [6, 6.07) is 23.7. The second-order valence-electron chi connectivity index (χ2n) is 7.17. The zero-order chi connectivity index (χ0) is 19.2. The Balaban J connectivity index is 1.49. The van der Waals surface area contributed by atoms with E-state index in [9.17, 15) is 4.79 Å². The minimum atomic E-state index is -0.402. The van der Waals surface area contributed by atoms with Gasteiger partial charge in [0, 0.05) is 6.04 Å². The summed E-state index contributed by atoms with van der Waals surface area (Å²) in [7, 11) is 0. The summed E-state index contributed by atoms with van der Waals surface area (Å²) in [6.45, 7) is 0. The molecule has 0 spiro atoms. The highest BCUT2D eigenvalue weighted by molar-refractivity contribution is 5.97. The quantitative estimate of drug-likeness (QED) is 0.663. The van der Waals surface area contributed by atoms with Crippen LogP contribution in [-0.4, -0.2) is 22.1 Å². The van der Waals surface area contributed by atoms with Crippen molar-refractivity contribution < 1.29 is 4.79 Å². The van der Waals surface area contributed by atoms with E-state index in [1.807, 2.05) is 66.7 Å². The van der Waals surface area contributed by atoms with Crippen molar-refractivity contribution >= 4 is 17.5 Å². The van der Waals surface area contributed by atoms with E-state index in [2.05, 4.69) is 20.8 Å². The van der Waals surface area contributed by atoms with Crippen molar-refractivity contribution in [1.29, 1.82) is 0 Å². The van der Waals surface area contributed by atoms with E-state index in [0.717, 1.165) is 16.9 Å². The van der Waals surface area contributed by atoms with Crippen LogP contribution in [0.5, 0.6) is 0 Å². The third kappa shape index (κ3) is 4.36. The summed E-state index contributed by atoms with van der Waals surface area (Å²) in [6.07, 6.45) is 4.88. The Bertz CT molecular complexity index is 851. The number of benzene rings is 2. The molecular formula is C23H24N4O. The van der Waals surface area contributed by atoms with Crippen molar-refractivity contribution in [2.75, 3.05) is 10.6 Å². The normalized spacial score (nSPS) is 14.2. The maximum atomic E-state index is 13.1. The van der Waals surface area contributed by atoms with E-state index >= 15 is 0 Å². The molecule has 1 fully saturated rings. The Hall–Kier alpha value is -3.21. The average molecular weight is 372 g/mol. The number of carbonyl (C=O) groups is 1. The monoisotopic (exact) mass is 372 g/mol. The molecule has 0 aliphatic heterocycles. The van der Waals surface area contributed by atoms with Crippen LogP contribution in [-0.2, 0) is 4.79 Å². The van der Waals surface area contributed by atoms with Gasteiger partial charge in [-0.15, -0.1) is 10.2 Å². The van der Waals surface area contributed by atoms with Crippen molar-refractivity contribution in [1.82, 2.24) is 10.2 Å². The topological polar surface area (TPSA) is 66.9 Å². The molecule has 1 saturated carbocycles. The van der Waals surface area contributed by atoms with Gasteiger partial charge in [0.15, 0.2) is 5.82 Å². The Morgan fingerprint density at radius 3 is 1.86 bits per heavy atom.